The van der Waals surface area contributed by atoms with Crippen LogP contribution in [0.5, 0.6) is 0 Å². The molecule has 0 saturated heterocycles. The summed E-state index contributed by atoms with van der Waals surface area (Å²) in [6.45, 7) is 0.773. The normalized spacial score (nSPS) is 11.4. The Hall–Kier alpha value is -2.30. The van der Waals surface area contributed by atoms with Gasteiger partial charge in [-0.05, 0) is 41.8 Å². The van der Waals surface area contributed by atoms with Crippen LogP contribution in [0.4, 0.5) is 13.2 Å². The largest absolute Gasteiger partial charge is 0.416 e. The number of nitrogens with zero attached hydrogens (tertiary/aromatic N) is 1. The van der Waals surface area contributed by atoms with Crippen LogP contribution in [-0.2, 0) is 19.1 Å². The fraction of sp³-hybridized carbons (Fsp3) is 0.300. The molecular weight excluding hydrogens is 496 g/mol. The molecule has 2 aromatic carbocycles. The van der Waals surface area contributed by atoms with Gasteiger partial charge in [0.05, 0.1) is 5.56 Å². The molecule has 0 atom stereocenters. The van der Waals surface area contributed by atoms with Gasteiger partial charge in [-0.1, -0.05) is 24.3 Å². The summed E-state index contributed by atoms with van der Waals surface area (Å²) in [5.74, 6) is 0.341. The topological polar surface area (TPSA) is 65.5 Å². The zero-order chi connectivity index (χ0) is 20.6. The molecule has 0 saturated carbocycles. The van der Waals surface area contributed by atoms with Gasteiger partial charge in [-0.25, -0.2) is 0 Å². The van der Waals surface area contributed by atoms with Crippen molar-refractivity contribution in [1.29, 1.82) is 0 Å². The number of amides is 1. The lowest BCUT2D eigenvalue weighted by Crippen LogP contribution is -2.37. The van der Waals surface area contributed by atoms with Crippen molar-refractivity contribution in [2.45, 2.75) is 19.1 Å². The van der Waals surface area contributed by atoms with Crippen LogP contribution in [-0.4, -0.2) is 32.5 Å². The van der Waals surface area contributed by atoms with Crippen molar-refractivity contribution in [2.24, 2.45) is 4.99 Å². The summed E-state index contributed by atoms with van der Waals surface area (Å²) in [6.07, 6.45) is -3.70. The smallest absolute Gasteiger partial charge is 0.356 e. The van der Waals surface area contributed by atoms with Gasteiger partial charge in [0, 0.05) is 32.7 Å². The van der Waals surface area contributed by atoms with Crippen LogP contribution in [0.15, 0.2) is 53.5 Å². The van der Waals surface area contributed by atoms with E-state index in [0.717, 1.165) is 17.7 Å². The molecule has 3 N–H and O–H groups in total. The van der Waals surface area contributed by atoms with Crippen molar-refractivity contribution in [3.8, 4) is 0 Å². The number of hydrogen-bond acceptors (Lipinski definition) is 2. The first-order valence-electron chi connectivity index (χ1n) is 8.75. The molecule has 0 unspecified atom stereocenters. The molecule has 158 valence electrons. The number of nitrogens with one attached hydrogen (secondary N) is 3. The molecule has 0 radical (unpaired) electrons. The summed E-state index contributed by atoms with van der Waals surface area (Å²) in [7, 11) is 3.17. The van der Waals surface area contributed by atoms with Crippen LogP contribution >= 0.6 is 24.0 Å². The molecule has 0 aliphatic carbocycles. The van der Waals surface area contributed by atoms with E-state index in [-0.39, 0.29) is 36.4 Å². The van der Waals surface area contributed by atoms with Crippen molar-refractivity contribution in [3.63, 3.8) is 0 Å². The van der Waals surface area contributed by atoms with Crippen LogP contribution in [0.1, 0.15) is 27.0 Å². The summed E-state index contributed by atoms with van der Waals surface area (Å²) in [4.78, 5) is 15.7. The first-order valence-corrected chi connectivity index (χ1v) is 8.75. The number of guanidine groups is 1. The van der Waals surface area contributed by atoms with Crippen LogP contribution in [0.3, 0.4) is 0 Å². The highest BCUT2D eigenvalue weighted by molar-refractivity contribution is 14.0. The average molecular weight is 520 g/mol. The van der Waals surface area contributed by atoms with E-state index in [2.05, 4.69) is 20.9 Å². The molecule has 0 bridgehead atoms. The standard InChI is InChI=1S/C20H23F3N4O.HI/c1-24-18(28)16-7-3-5-14(11-16)9-10-26-19(25-2)27-13-15-6-4-8-17(12-15)20(21,22)23;/h3-8,11-12H,9-10,13H2,1-2H3,(H,24,28)(H2,25,26,27);1H. The van der Waals surface area contributed by atoms with Gasteiger partial charge < -0.3 is 16.0 Å². The summed E-state index contributed by atoms with van der Waals surface area (Å²) in [6, 6.07) is 12.5. The Morgan fingerprint density at radius 3 is 2.38 bits per heavy atom. The number of halogens is 4. The molecule has 0 aliphatic rings. The van der Waals surface area contributed by atoms with Crippen LogP contribution in [0, 0.1) is 0 Å². The Balaban J connectivity index is 0.00000420. The van der Waals surface area contributed by atoms with E-state index in [1.807, 2.05) is 18.2 Å². The number of benzene rings is 2. The molecule has 0 fully saturated rings. The number of hydrogen-bond donors (Lipinski definition) is 3. The van der Waals surface area contributed by atoms with Crippen LogP contribution in [0.25, 0.3) is 0 Å². The molecular formula is C20H24F3IN4O. The van der Waals surface area contributed by atoms with Crippen molar-refractivity contribution in [3.05, 3.63) is 70.8 Å². The number of aliphatic imine (C=N–C) groups is 1. The number of alkyl halides is 3. The Bertz CT molecular complexity index is 840. The number of carbonyl (C=O) groups is 1. The maximum Gasteiger partial charge on any atom is 0.416 e. The Morgan fingerprint density at radius 2 is 1.72 bits per heavy atom. The van der Waals surface area contributed by atoms with Crippen LogP contribution < -0.4 is 16.0 Å². The van der Waals surface area contributed by atoms with E-state index in [9.17, 15) is 18.0 Å². The minimum absolute atomic E-state index is 0. The number of rotatable bonds is 6. The maximum absolute atomic E-state index is 12.8. The lowest BCUT2D eigenvalue weighted by atomic mass is 10.1. The second kappa shape index (κ2) is 11.6. The third-order valence-corrected chi connectivity index (χ3v) is 4.06. The fourth-order valence-electron chi connectivity index (χ4n) is 2.60. The third-order valence-electron chi connectivity index (χ3n) is 4.06. The highest BCUT2D eigenvalue weighted by Crippen LogP contribution is 2.29. The van der Waals surface area contributed by atoms with Crippen LogP contribution in [0.2, 0.25) is 0 Å². The molecule has 0 heterocycles. The van der Waals surface area contributed by atoms with Gasteiger partial charge in [-0.2, -0.15) is 13.2 Å². The second-order valence-electron chi connectivity index (χ2n) is 6.08. The highest BCUT2D eigenvalue weighted by Gasteiger charge is 2.30. The lowest BCUT2D eigenvalue weighted by molar-refractivity contribution is -0.137. The molecule has 0 spiro atoms. The molecule has 2 rings (SSSR count). The maximum atomic E-state index is 12.8. The Kier molecular flexibility index (Phi) is 9.93. The molecule has 9 heteroatoms. The Morgan fingerprint density at radius 1 is 1.03 bits per heavy atom. The van der Waals surface area contributed by atoms with Gasteiger partial charge in [0.15, 0.2) is 5.96 Å². The van der Waals surface area contributed by atoms with E-state index in [1.54, 1.807) is 26.2 Å². The highest BCUT2D eigenvalue weighted by atomic mass is 127. The van der Waals surface area contributed by atoms with Gasteiger partial charge in [0.1, 0.15) is 0 Å². The van der Waals surface area contributed by atoms with E-state index in [4.69, 9.17) is 0 Å². The first kappa shape index (κ1) is 24.7. The quantitative estimate of drug-likeness (QED) is 0.310. The molecule has 2 aromatic rings. The molecule has 1 amide bonds. The predicted molar refractivity (Wildman–Crippen MR) is 119 cm³/mol. The summed E-state index contributed by atoms with van der Waals surface area (Å²) in [5, 5.41) is 8.69. The Labute approximate surface area is 185 Å². The summed E-state index contributed by atoms with van der Waals surface area (Å²) < 4.78 is 38.3. The SMILES string of the molecule is CN=C(NCCc1cccc(C(=O)NC)c1)NCc1cccc(C(F)(F)F)c1.I. The predicted octanol–water partition coefficient (Wildman–Crippen LogP) is 3.59. The third kappa shape index (κ3) is 7.92. The van der Waals surface area contributed by atoms with E-state index in [0.29, 0.717) is 30.1 Å². The molecule has 0 aromatic heterocycles. The summed E-state index contributed by atoms with van der Waals surface area (Å²) in [5.41, 5.74) is 1.41. The molecule has 29 heavy (non-hydrogen) atoms. The number of carbonyl (C=O) groups excluding carboxylic acids is 1. The minimum Gasteiger partial charge on any atom is -0.356 e. The van der Waals surface area contributed by atoms with Gasteiger partial charge >= 0.3 is 6.18 Å². The zero-order valence-electron chi connectivity index (χ0n) is 16.1. The summed E-state index contributed by atoms with van der Waals surface area (Å²) >= 11 is 0. The zero-order valence-corrected chi connectivity index (χ0v) is 18.5. The van der Waals surface area contributed by atoms with E-state index < -0.39 is 11.7 Å². The van der Waals surface area contributed by atoms with E-state index in [1.165, 1.54) is 6.07 Å². The van der Waals surface area contributed by atoms with Gasteiger partial charge in [-0.3, -0.25) is 9.79 Å². The second-order valence-corrected chi connectivity index (χ2v) is 6.08. The van der Waals surface area contributed by atoms with E-state index >= 15 is 0 Å². The average Bonchev–Trinajstić information content (AvgIpc) is 2.69. The van der Waals surface area contributed by atoms with Crippen molar-refractivity contribution in [1.82, 2.24) is 16.0 Å². The monoisotopic (exact) mass is 520 g/mol. The van der Waals surface area contributed by atoms with Gasteiger partial charge in [0.2, 0.25) is 0 Å². The molecule has 5 nitrogen and oxygen atoms in total. The van der Waals surface area contributed by atoms with Crippen molar-refractivity contribution < 1.29 is 18.0 Å². The fourth-order valence-corrected chi connectivity index (χ4v) is 2.60. The molecule has 0 aliphatic heterocycles. The first-order chi connectivity index (χ1) is 13.3. The van der Waals surface area contributed by atoms with Crippen molar-refractivity contribution in [2.75, 3.05) is 20.6 Å². The van der Waals surface area contributed by atoms with Gasteiger partial charge in [0.25, 0.3) is 5.91 Å². The van der Waals surface area contributed by atoms with Crippen molar-refractivity contribution >= 4 is 35.8 Å². The minimum atomic E-state index is -4.36. The lowest BCUT2D eigenvalue weighted by Gasteiger charge is -2.13. The van der Waals surface area contributed by atoms with Gasteiger partial charge in [-0.15, -0.1) is 24.0 Å².